The van der Waals surface area contributed by atoms with E-state index >= 15 is 0 Å². The summed E-state index contributed by atoms with van der Waals surface area (Å²) in [5.74, 6) is 4.84. The van der Waals surface area contributed by atoms with Gasteiger partial charge in [-0.3, -0.25) is 0 Å². The van der Waals surface area contributed by atoms with Crippen LogP contribution in [0.4, 0.5) is 0 Å². The summed E-state index contributed by atoms with van der Waals surface area (Å²) in [5.41, 5.74) is 43.3. The van der Waals surface area contributed by atoms with E-state index in [1.165, 1.54) is 179 Å². The number of para-hydroxylation sites is 3. The number of aromatic nitrogens is 9. The standard InChI is InChI=1S/C27H29N2.C27H26N.C24H23N2.C23H23N2.C19H21N2/c1-18-16-20(3)26(21(4)17-18)29-15-14-28(6)27(29)25-13-9-12-24(22(25)5)23-11-8-7-10-19(23)2;1-19-11-13-22(14-12-19)23-15-16-24(20(2)18-23)25-8-7-9-26(21(25)3)27-10-5-6-17-28(27)4;1-18-10-7-8-13-21(18)22-14-9-15-23(19(22)2)24-25(3)16-17-26(24)20-11-5-4-6-12-20;1-16-10-5-6-11-18(16)19-12-9-13-20(17(19)2)23-24(3)21-14-7-8-15-22(21)25(23)4;1-14-8-5-6-9-16(14)17-10-7-11-18(15(17)2)19-20(3)12-13-21(19)4/h7-17H,1-6H3;5-18H,1-4H3;4-17H,1-3H3;5-15H,1-4H3;5-13H,1-4H3/q5*+1/i;2D3;;;. The summed E-state index contributed by atoms with van der Waals surface area (Å²) in [5, 5.41) is 0. The highest BCUT2D eigenvalue weighted by Crippen LogP contribution is 2.41. The summed E-state index contributed by atoms with van der Waals surface area (Å²) in [7, 11) is 14.7. The Morgan fingerprint density at radius 3 is 1.06 bits per heavy atom. The number of nitrogens with zero attached hydrogens (tertiary/aromatic N) is 9. The van der Waals surface area contributed by atoms with Crippen molar-refractivity contribution in [1.82, 2.24) is 18.3 Å². The van der Waals surface area contributed by atoms with E-state index < -0.39 is 6.85 Å². The average Bonchev–Trinajstić information content (AvgIpc) is 1.61. The Hall–Kier alpha value is -14.7. The Bertz CT molecular complexity index is 7350. The van der Waals surface area contributed by atoms with E-state index in [4.69, 9.17) is 4.11 Å². The lowest BCUT2D eigenvalue weighted by atomic mass is 9.90. The van der Waals surface area contributed by atoms with Crippen LogP contribution in [-0.2, 0) is 49.3 Å². The quantitative estimate of drug-likeness (QED) is 0.103. The predicted molar refractivity (Wildman–Crippen MR) is 538 cm³/mol. The number of fused-ring (bicyclic) bond motifs is 1. The maximum Gasteiger partial charge on any atom is 0.294 e. The minimum absolute atomic E-state index is 0.378. The van der Waals surface area contributed by atoms with Gasteiger partial charge in [0.05, 0.1) is 64.5 Å². The number of rotatable bonds is 13. The van der Waals surface area contributed by atoms with E-state index in [1.54, 1.807) is 0 Å². The SMILES string of the molecule is Cc1cc(C)c(-n2cc[n+](C)c2-c2cccc(-c3ccccc3C)c2C)c(C)c1.Cc1ccccc1-c1cccc(-c2n(-c3ccccc3)cc[n+]2C)c1C.Cc1ccccc1-c1cccc(-c2n(C)c3ccccc3[n+]2C)c1C.Cc1ccccc1-c1cccc(-c2n(C)cc[n+]2C)c1C.[2H]C([2H])([2H])c1cc(-c2ccc(C)cc2)ccc1-c1cccc(-c2cccc[n+]2C)c1C. The molecule has 129 heavy (non-hydrogen) atoms. The molecule has 0 spiro atoms. The molecule has 19 aromatic rings. The van der Waals surface area contributed by atoms with Crippen molar-refractivity contribution in [2.24, 2.45) is 49.3 Å². The molecule has 9 heteroatoms. The van der Waals surface area contributed by atoms with Gasteiger partial charge in [0.15, 0.2) is 17.2 Å². The van der Waals surface area contributed by atoms with E-state index in [-0.39, 0.29) is 0 Å². The predicted octanol–water partition coefficient (Wildman–Crippen LogP) is 26.6. The summed E-state index contributed by atoms with van der Waals surface area (Å²) in [6, 6.07) is 111. The molecule has 19 rings (SSSR count). The maximum atomic E-state index is 8.21. The summed E-state index contributed by atoms with van der Waals surface area (Å²) in [6.07, 6.45) is 14.8. The van der Waals surface area contributed by atoms with Crippen LogP contribution in [0.1, 0.15) is 82.0 Å². The smallest absolute Gasteiger partial charge is 0.233 e. The molecule has 0 aliphatic heterocycles. The van der Waals surface area contributed by atoms with E-state index in [1.807, 2.05) is 86.9 Å². The van der Waals surface area contributed by atoms with Crippen LogP contribution in [0, 0.1) is 96.9 Å². The molecule has 0 aliphatic carbocycles. The van der Waals surface area contributed by atoms with Gasteiger partial charge in [-0.05, 0) is 291 Å². The largest absolute Gasteiger partial charge is 0.294 e. The Morgan fingerprint density at radius 1 is 0.248 bits per heavy atom. The van der Waals surface area contributed by atoms with Crippen LogP contribution in [-0.4, -0.2) is 18.3 Å². The normalized spacial score (nSPS) is 11.4. The van der Waals surface area contributed by atoms with Gasteiger partial charge in [-0.1, -0.05) is 254 Å². The number of benzene rings is 14. The first-order valence-electron chi connectivity index (χ1n) is 46.1. The summed E-state index contributed by atoms with van der Waals surface area (Å²) < 4.78 is 44.6. The summed E-state index contributed by atoms with van der Waals surface area (Å²) in [6.45, 7) is 26.1. The molecule has 0 unspecified atom stereocenters. The zero-order chi connectivity index (χ0) is 93.5. The second-order valence-corrected chi connectivity index (χ2v) is 34.5. The molecule has 0 radical (unpaired) electrons. The van der Waals surface area contributed by atoms with E-state index in [2.05, 4.69) is 452 Å². The van der Waals surface area contributed by atoms with Crippen molar-refractivity contribution in [2.75, 3.05) is 0 Å². The number of imidazole rings is 4. The van der Waals surface area contributed by atoms with Gasteiger partial charge in [-0.25, -0.2) is 32.0 Å². The van der Waals surface area contributed by atoms with Gasteiger partial charge in [-0.15, -0.1) is 0 Å². The van der Waals surface area contributed by atoms with Crippen LogP contribution in [0.5, 0.6) is 0 Å². The number of hydrogen-bond acceptors (Lipinski definition) is 0. The first-order valence-corrected chi connectivity index (χ1v) is 44.6. The highest BCUT2D eigenvalue weighted by atomic mass is 15.2. The molecule has 0 bridgehead atoms. The molecule has 642 valence electrons. The number of aryl methyl sites for hydroxylation is 16. The van der Waals surface area contributed by atoms with Crippen LogP contribution >= 0.6 is 0 Å². The zero-order valence-corrected chi connectivity index (χ0v) is 78.6. The lowest BCUT2D eigenvalue weighted by molar-refractivity contribution is -0.660. The van der Waals surface area contributed by atoms with E-state index in [9.17, 15) is 0 Å². The molecule has 0 aliphatic rings. The minimum Gasteiger partial charge on any atom is -0.233 e. The van der Waals surface area contributed by atoms with Crippen LogP contribution in [0.3, 0.4) is 0 Å². The third-order valence-electron chi connectivity index (χ3n) is 25.7. The highest BCUT2D eigenvalue weighted by molar-refractivity contribution is 5.85. The van der Waals surface area contributed by atoms with Gasteiger partial charge >= 0.3 is 0 Å². The molecule has 0 saturated heterocycles. The van der Waals surface area contributed by atoms with Crippen molar-refractivity contribution in [3.63, 3.8) is 0 Å². The van der Waals surface area contributed by atoms with Crippen molar-refractivity contribution in [2.45, 2.75) is 96.9 Å². The Balaban J connectivity index is 0.000000127. The molecule has 0 atom stereocenters. The highest BCUT2D eigenvalue weighted by Gasteiger charge is 2.29. The zero-order valence-electron chi connectivity index (χ0n) is 81.6. The van der Waals surface area contributed by atoms with Crippen molar-refractivity contribution in [3.8, 4) is 135 Å². The van der Waals surface area contributed by atoms with Crippen molar-refractivity contribution < 1.29 is 26.9 Å². The fourth-order valence-electron chi connectivity index (χ4n) is 18.8. The van der Waals surface area contributed by atoms with Gasteiger partial charge in [0, 0.05) is 21.8 Å². The Kier molecular flexibility index (Phi) is 25.8. The Labute approximate surface area is 769 Å². The summed E-state index contributed by atoms with van der Waals surface area (Å²) in [4.78, 5) is 0. The lowest BCUT2D eigenvalue weighted by Crippen LogP contribution is -2.30. The Morgan fingerprint density at radius 2 is 0.612 bits per heavy atom. The molecular formula is C120H122N9+5. The average molecular weight is 1690 g/mol. The van der Waals surface area contributed by atoms with Gasteiger partial charge in [0.25, 0.3) is 23.3 Å². The second-order valence-electron chi connectivity index (χ2n) is 34.5. The molecule has 5 aromatic heterocycles. The molecule has 0 saturated carbocycles. The molecule has 5 heterocycles. The third-order valence-corrected chi connectivity index (χ3v) is 25.7. The van der Waals surface area contributed by atoms with Gasteiger partial charge < -0.3 is 0 Å². The molecule has 0 N–H and O–H groups in total. The van der Waals surface area contributed by atoms with Gasteiger partial charge in [-0.2, -0.15) is 9.13 Å². The van der Waals surface area contributed by atoms with E-state index in [0.717, 1.165) is 39.1 Å². The van der Waals surface area contributed by atoms with Gasteiger partial charge in [0.1, 0.15) is 55.6 Å². The van der Waals surface area contributed by atoms with Crippen LogP contribution in [0.15, 0.2) is 359 Å². The topological polar surface area (TPSA) is 39.1 Å². The molecule has 9 nitrogen and oxygen atoms in total. The van der Waals surface area contributed by atoms with Crippen LogP contribution in [0.2, 0.25) is 0 Å². The van der Waals surface area contributed by atoms with Crippen molar-refractivity contribution >= 4 is 11.0 Å². The molecule has 14 aromatic carbocycles. The lowest BCUT2D eigenvalue weighted by Gasteiger charge is -2.14. The fourth-order valence-corrected chi connectivity index (χ4v) is 18.8. The van der Waals surface area contributed by atoms with Crippen molar-refractivity contribution in [3.05, 3.63) is 437 Å². The molecule has 0 fully saturated rings. The van der Waals surface area contributed by atoms with Crippen LogP contribution in [0.25, 0.3) is 146 Å². The summed E-state index contributed by atoms with van der Waals surface area (Å²) >= 11 is 0. The van der Waals surface area contributed by atoms with Crippen LogP contribution < -0.4 is 22.8 Å². The first-order chi connectivity index (χ1) is 63.5. The minimum atomic E-state index is -2.21. The van der Waals surface area contributed by atoms with Gasteiger partial charge in [0.2, 0.25) is 5.69 Å². The second kappa shape index (κ2) is 39.1. The number of hydrogen-bond donors (Lipinski definition) is 0. The third kappa shape index (κ3) is 18.5. The molecule has 0 amide bonds. The van der Waals surface area contributed by atoms with Crippen molar-refractivity contribution in [1.29, 1.82) is 0 Å². The molecular weight excluding hydrogens is 1570 g/mol. The number of pyridine rings is 1. The van der Waals surface area contributed by atoms with E-state index in [0.29, 0.717) is 5.56 Å². The monoisotopic (exact) mass is 1690 g/mol. The first kappa shape index (κ1) is 85.1. The maximum absolute atomic E-state index is 8.21. The fraction of sp³-hybridized carbons (Fsp3) is 0.175.